The Morgan fingerprint density at radius 3 is 2.15 bits per heavy atom. The van der Waals surface area contributed by atoms with Gasteiger partial charge in [0.25, 0.3) is 0 Å². The Labute approximate surface area is 243 Å². The molecule has 0 unspecified atom stereocenters. The number of ketones is 1. The number of carbonyl (C=O) groups is 3. The Morgan fingerprint density at radius 2 is 1.49 bits per heavy atom. The number of amides is 2. The number of benzene rings is 3. The number of aliphatic hydroxyl groups is 1. The maximum Gasteiger partial charge on any atom is 0.246 e. The van der Waals surface area contributed by atoms with E-state index in [4.69, 9.17) is 5.73 Å². The fourth-order valence-electron chi connectivity index (χ4n) is 4.83. The summed E-state index contributed by atoms with van der Waals surface area (Å²) in [4.78, 5) is 43.7. The molecule has 0 aromatic heterocycles. The molecule has 3 N–H and O–H groups in total. The predicted molar refractivity (Wildman–Crippen MR) is 164 cm³/mol. The Kier molecular flexibility index (Phi) is 11.4. The molecule has 0 radical (unpaired) electrons. The number of rotatable bonds is 14. The lowest BCUT2D eigenvalue weighted by Crippen LogP contribution is -2.54. The first-order valence-electron chi connectivity index (χ1n) is 14.1. The molecule has 7 nitrogen and oxygen atoms in total. The second-order valence-electron chi connectivity index (χ2n) is 11.4. The highest BCUT2D eigenvalue weighted by Gasteiger charge is 2.34. The lowest BCUT2D eigenvalue weighted by Gasteiger charge is -2.34. The summed E-state index contributed by atoms with van der Waals surface area (Å²) in [5.41, 5.74) is 7.44. The topological polar surface area (TPSA) is 104 Å². The Morgan fingerprint density at radius 1 is 0.854 bits per heavy atom. The molecule has 2 amide bonds. The molecule has 0 bridgehead atoms. The van der Waals surface area contributed by atoms with Gasteiger partial charge < -0.3 is 20.6 Å². The van der Waals surface area contributed by atoms with Crippen LogP contribution in [-0.2, 0) is 27.2 Å². The van der Waals surface area contributed by atoms with Crippen LogP contribution in [-0.4, -0.2) is 70.8 Å². The van der Waals surface area contributed by atoms with E-state index in [2.05, 4.69) is 0 Å². The molecule has 3 rings (SSSR count). The summed E-state index contributed by atoms with van der Waals surface area (Å²) >= 11 is 0. The summed E-state index contributed by atoms with van der Waals surface area (Å²) in [5.74, 6) is -0.755. The van der Waals surface area contributed by atoms with Gasteiger partial charge in [0, 0.05) is 39.1 Å². The SMILES string of the molecule is CN(C(=O)/C=C/CC(C)(C)N)[C@H](Cc1ccc2ccccc2c1)C(=O)N(C)[C@H](Cc1ccccc1)C(=O)CCCO. The van der Waals surface area contributed by atoms with Crippen LogP contribution in [0.15, 0.2) is 84.9 Å². The Hall–Kier alpha value is -3.81. The van der Waals surface area contributed by atoms with Crippen molar-refractivity contribution >= 4 is 28.4 Å². The third-order valence-electron chi connectivity index (χ3n) is 7.29. The number of aliphatic hydroxyl groups excluding tert-OH is 1. The molecule has 0 aliphatic rings. The molecule has 3 aromatic carbocycles. The van der Waals surface area contributed by atoms with Gasteiger partial charge >= 0.3 is 0 Å². The average molecular weight is 558 g/mol. The second-order valence-corrected chi connectivity index (χ2v) is 11.4. The molecule has 41 heavy (non-hydrogen) atoms. The average Bonchev–Trinajstić information content (AvgIpc) is 2.96. The van der Waals surface area contributed by atoms with E-state index in [1.165, 1.54) is 15.9 Å². The Balaban J connectivity index is 1.94. The molecular weight excluding hydrogens is 514 g/mol. The van der Waals surface area contributed by atoms with Gasteiger partial charge in [-0.25, -0.2) is 0 Å². The highest BCUT2D eigenvalue weighted by molar-refractivity contribution is 5.95. The van der Waals surface area contributed by atoms with Crippen LogP contribution in [0.5, 0.6) is 0 Å². The molecule has 0 fully saturated rings. The van der Waals surface area contributed by atoms with Gasteiger partial charge in [-0.15, -0.1) is 0 Å². The zero-order chi connectivity index (χ0) is 30.0. The van der Waals surface area contributed by atoms with E-state index in [0.29, 0.717) is 19.3 Å². The predicted octanol–water partition coefficient (Wildman–Crippen LogP) is 4.30. The number of nitrogens with two attached hydrogens (primary N) is 1. The number of hydrogen-bond donors (Lipinski definition) is 2. The van der Waals surface area contributed by atoms with E-state index in [-0.39, 0.29) is 37.0 Å². The Bertz CT molecular complexity index is 1350. The molecule has 0 aliphatic heterocycles. The number of nitrogens with zero attached hydrogens (tertiary/aromatic N) is 2. The van der Waals surface area contributed by atoms with Gasteiger partial charge in [-0.1, -0.05) is 78.9 Å². The van der Waals surface area contributed by atoms with Crippen LogP contribution in [0.2, 0.25) is 0 Å². The minimum absolute atomic E-state index is 0.102. The molecule has 0 saturated heterocycles. The summed E-state index contributed by atoms with van der Waals surface area (Å²) in [5, 5.41) is 11.5. The summed E-state index contributed by atoms with van der Waals surface area (Å²) in [6.45, 7) is 3.66. The van der Waals surface area contributed by atoms with E-state index in [0.717, 1.165) is 21.9 Å². The van der Waals surface area contributed by atoms with Crippen LogP contribution in [0.4, 0.5) is 0 Å². The largest absolute Gasteiger partial charge is 0.396 e. The standard InChI is InChI=1S/C34H43N3O4/c1-34(2,35)20-10-17-32(40)36(3)30(24-26-18-19-27-14-8-9-15-28(27)22-26)33(41)37(4)29(31(39)16-11-21-38)23-25-12-6-5-7-13-25/h5-10,12-15,17-19,22,29-30,38H,11,16,20-21,23-24,35H2,1-4H3/b17-10+/t29-,30-/m1/s1. The smallest absolute Gasteiger partial charge is 0.246 e. The van der Waals surface area contributed by atoms with E-state index in [9.17, 15) is 19.5 Å². The summed E-state index contributed by atoms with van der Waals surface area (Å²) in [6.07, 6.45) is 4.82. The van der Waals surface area contributed by atoms with Crippen LogP contribution in [0, 0.1) is 0 Å². The normalized spacial score (nSPS) is 13.2. The van der Waals surface area contributed by atoms with Crippen LogP contribution < -0.4 is 5.73 Å². The molecule has 7 heteroatoms. The molecule has 3 aromatic rings. The monoisotopic (exact) mass is 557 g/mol. The zero-order valence-corrected chi connectivity index (χ0v) is 24.6. The van der Waals surface area contributed by atoms with Crippen molar-refractivity contribution in [1.29, 1.82) is 0 Å². The van der Waals surface area contributed by atoms with Crippen molar-refractivity contribution in [2.75, 3.05) is 20.7 Å². The lowest BCUT2D eigenvalue weighted by atomic mass is 9.96. The van der Waals surface area contributed by atoms with Crippen molar-refractivity contribution in [3.05, 3.63) is 96.1 Å². The number of carbonyl (C=O) groups excluding carboxylic acids is 3. The van der Waals surface area contributed by atoms with E-state index in [1.807, 2.05) is 86.6 Å². The van der Waals surface area contributed by atoms with Gasteiger partial charge in [-0.05, 0) is 61.1 Å². The number of fused-ring (bicyclic) bond motifs is 1. The molecular formula is C34H43N3O4. The van der Waals surface area contributed by atoms with Crippen molar-refractivity contribution in [1.82, 2.24) is 9.80 Å². The summed E-state index contributed by atoms with van der Waals surface area (Å²) < 4.78 is 0. The minimum atomic E-state index is -0.840. The lowest BCUT2D eigenvalue weighted by molar-refractivity contribution is -0.145. The fraction of sp³-hybridized carbons (Fsp3) is 0.382. The van der Waals surface area contributed by atoms with Gasteiger partial charge in [0.15, 0.2) is 5.78 Å². The first-order valence-corrected chi connectivity index (χ1v) is 14.1. The highest BCUT2D eigenvalue weighted by atomic mass is 16.3. The summed E-state index contributed by atoms with van der Waals surface area (Å²) in [6, 6.07) is 22.0. The van der Waals surface area contributed by atoms with Gasteiger partial charge in [0.05, 0.1) is 6.04 Å². The summed E-state index contributed by atoms with van der Waals surface area (Å²) in [7, 11) is 3.25. The molecule has 0 saturated carbocycles. The third-order valence-corrected chi connectivity index (χ3v) is 7.29. The van der Waals surface area contributed by atoms with Crippen molar-refractivity contribution in [3.63, 3.8) is 0 Å². The number of hydrogen-bond acceptors (Lipinski definition) is 5. The van der Waals surface area contributed by atoms with Gasteiger partial charge in [0.1, 0.15) is 6.04 Å². The quantitative estimate of drug-likeness (QED) is 0.288. The minimum Gasteiger partial charge on any atom is -0.396 e. The molecule has 218 valence electrons. The van der Waals surface area contributed by atoms with Crippen molar-refractivity contribution < 1.29 is 19.5 Å². The maximum atomic E-state index is 14.2. The molecule has 2 atom stereocenters. The second kappa shape index (κ2) is 14.7. The van der Waals surface area contributed by atoms with Crippen molar-refractivity contribution in [3.8, 4) is 0 Å². The maximum absolute atomic E-state index is 14.2. The van der Waals surface area contributed by atoms with Crippen LogP contribution in [0.1, 0.15) is 44.2 Å². The first-order chi connectivity index (χ1) is 19.5. The van der Waals surface area contributed by atoms with Crippen LogP contribution in [0.25, 0.3) is 10.8 Å². The highest BCUT2D eigenvalue weighted by Crippen LogP contribution is 2.21. The van der Waals surface area contributed by atoms with E-state index >= 15 is 0 Å². The van der Waals surface area contributed by atoms with Gasteiger partial charge in [-0.3, -0.25) is 14.4 Å². The van der Waals surface area contributed by atoms with Gasteiger partial charge in [-0.2, -0.15) is 0 Å². The first kappa shape index (κ1) is 31.7. The molecule has 0 spiro atoms. The molecule has 0 aliphatic carbocycles. The van der Waals surface area contributed by atoms with E-state index < -0.39 is 17.6 Å². The number of Topliss-reactive ketones (excluding diaryl/α,β-unsaturated/α-hetero) is 1. The molecule has 0 heterocycles. The third kappa shape index (κ3) is 9.37. The van der Waals surface area contributed by atoms with Crippen molar-refractivity contribution in [2.45, 2.75) is 63.6 Å². The fourth-order valence-corrected chi connectivity index (χ4v) is 4.83. The van der Waals surface area contributed by atoms with Gasteiger partial charge in [0.2, 0.25) is 11.8 Å². The van der Waals surface area contributed by atoms with E-state index in [1.54, 1.807) is 20.2 Å². The van der Waals surface area contributed by atoms with Crippen LogP contribution >= 0.6 is 0 Å². The van der Waals surface area contributed by atoms with Crippen molar-refractivity contribution in [2.24, 2.45) is 5.73 Å². The zero-order valence-electron chi connectivity index (χ0n) is 24.6. The number of likely N-dealkylation sites (N-methyl/N-ethyl adjacent to an activating group) is 2. The van der Waals surface area contributed by atoms with Crippen LogP contribution in [0.3, 0.4) is 0 Å².